The molecule has 0 saturated carbocycles. The molecule has 3 rings (SSSR count). The van der Waals surface area contributed by atoms with Crippen LogP contribution < -0.4 is 10.2 Å². The Kier molecular flexibility index (Phi) is 9.63. The van der Waals surface area contributed by atoms with E-state index in [4.69, 9.17) is 5.11 Å². The molecule has 10 heteroatoms. The topological polar surface area (TPSA) is 104 Å². The van der Waals surface area contributed by atoms with Gasteiger partial charge in [0.05, 0.1) is 16.3 Å². The fourth-order valence-corrected chi connectivity index (χ4v) is 7.73. The number of halogens is 1. The molecule has 0 atom stereocenters. The minimum atomic E-state index is -3.75. The molecule has 37 heavy (non-hydrogen) atoms. The van der Waals surface area contributed by atoms with Crippen molar-refractivity contribution in [3.05, 3.63) is 47.8 Å². The van der Waals surface area contributed by atoms with Gasteiger partial charge in [0, 0.05) is 29.1 Å². The number of fused-ring (bicyclic) bond motifs is 1. The number of aliphatic carboxylic acids is 1. The van der Waals surface area contributed by atoms with E-state index in [1.54, 1.807) is 24.3 Å². The van der Waals surface area contributed by atoms with Crippen LogP contribution in [0.2, 0.25) is 0 Å². The Morgan fingerprint density at radius 2 is 1.73 bits per heavy atom. The molecule has 0 radical (unpaired) electrons. The zero-order valence-corrected chi connectivity index (χ0v) is 23.2. The van der Waals surface area contributed by atoms with Gasteiger partial charge < -0.3 is 15.3 Å². The number of nitrogens with zero attached hydrogens (tertiary/aromatic N) is 1. The van der Waals surface area contributed by atoms with Crippen molar-refractivity contribution in [2.24, 2.45) is 5.41 Å². The summed E-state index contributed by atoms with van der Waals surface area (Å²) in [5.74, 6) is -3.14. The van der Waals surface area contributed by atoms with Crippen LogP contribution in [-0.4, -0.2) is 44.0 Å². The first kappa shape index (κ1) is 29.0. The summed E-state index contributed by atoms with van der Waals surface area (Å²) in [6.07, 6.45) is 7.04. The lowest BCUT2D eigenvalue weighted by molar-refractivity contribution is -0.150. The molecule has 1 amide bonds. The summed E-state index contributed by atoms with van der Waals surface area (Å²) in [7, 11) is -3.75. The highest BCUT2D eigenvalue weighted by molar-refractivity contribution is 7.98. The highest BCUT2D eigenvalue weighted by Gasteiger charge is 2.42. The number of rotatable bonds is 10. The van der Waals surface area contributed by atoms with Crippen LogP contribution >= 0.6 is 11.8 Å². The smallest absolute Gasteiger partial charge is 0.394 e. The van der Waals surface area contributed by atoms with Crippen molar-refractivity contribution in [1.29, 1.82) is 0 Å². The Morgan fingerprint density at radius 3 is 2.27 bits per heavy atom. The lowest BCUT2D eigenvalue weighted by Gasteiger charge is -2.37. The quantitative estimate of drug-likeness (QED) is 0.296. The van der Waals surface area contributed by atoms with Gasteiger partial charge in [-0.2, -0.15) is 0 Å². The summed E-state index contributed by atoms with van der Waals surface area (Å²) in [6.45, 7) is 4.55. The third-order valence-corrected chi connectivity index (χ3v) is 9.68. The Bertz CT molecular complexity index is 1220. The first-order chi connectivity index (χ1) is 17.6. The summed E-state index contributed by atoms with van der Waals surface area (Å²) in [4.78, 5) is 25.5. The molecule has 0 saturated heterocycles. The van der Waals surface area contributed by atoms with Gasteiger partial charge in [-0.05, 0) is 61.1 Å². The van der Waals surface area contributed by atoms with Gasteiger partial charge in [0.2, 0.25) is 0 Å². The predicted octanol–water partition coefficient (Wildman–Crippen LogP) is 5.54. The van der Waals surface area contributed by atoms with Gasteiger partial charge in [0.25, 0.3) is 0 Å². The summed E-state index contributed by atoms with van der Waals surface area (Å²) < 4.78 is 41.8. The largest absolute Gasteiger partial charge is 0.474 e. The fourth-order valence-electron chi connectivity index (χ4n) is 4.96. The van der Waals surface area contributed by atoms with Gasteiger partial charge >= 0.3 is 11.9 Å². The van der Waals surface area contributed by atoms with Gasteiger partial charge in [-0.3, -0.25) is 4.79 Å². The number of thioether (sulfide) groups is 1. The Balaban J connectivity index is 2.22. The molecule has 0 fully saturated rings. The first-order valence-electron chi connectivity index (χ1n) is 12.5. The van der Waals surface area contributed by atoms with Crippen LogP contribution in [0.25, 0.3) is 0 Å². The van der Waals surface area contributed by atoms with E-state index in [0.717, 1.165) is 43.4 Å². The number of carbonyl (C=O) groups excluding carboxylic acids is 1. The molecule has 0 spiro atoms. The van der Waals surface area contributed by atoms with Gasteiger partial charge in [0.15, 0.2) is 9.84 Å². The lowest BCUT2D eigenvalue weighted by atomic mass is 9.79. The maximum Gasteiger partial charge on any atom is 0.394 e. The van der Waals surface area contributed by atoms with Crippen molar-refractivity contribution in [2.75, 3.05) is 23.5 Å². The molecular weight excluding hydrogens is 515 g/mol. The van der Waals surface area contributed by atoms with Crippen LogP contribution in [0.15, 0.2) is 46.2 Å². The monoisotopic (exact) mass is 550 g/mol. The number of carboxylic acids is 1. The summed E-state index contributed by atoms with van der Waals surface area (Å²) in [5, 5.41) is 11.3. The van der Waals surface area contributed by atoms with Crippen LogP contribution in [0.3, 0.4) is 0 Å². The molecule has 1 heterocycles. The Morgan fingerprint density at radius 1 is 1.11 bits per heavy atom. The second kappa shape index (κ2) is 12.3. The van der Waals surface area contributed by atoms with E-state index in [-0.39, 0.29) is 23.0 Å². The summed E-state index contributed by atoms with van der Waals surface area (Å²) >= 11 is 1.38. The number of carboxylic acid groups (broad SMARTS) is 1. The maximum atomic E-state index is 14.0. The average molecular weight is 551 g/mol. The van der Waals surface area contributed by atoms with Crippen molar-refractivity contribution in [3.8, 4) is 0 Å². The molecule has 0 bridgehead atoms. The number of sulfone groups is 1. The van der Waals surface area contributed by atoms with Crippen LogP contribution in [-0.2, 0) is 26.0 Å². The number of benzene rings is 2. The van der Waals surface area contributed by atoms with E-state index in [1.807, 2.05) is 11.2 Å². The number of nitrogens with one attached hydrogen (secondary N) is 1. The molecule has 1 aliphatic rings. The first-order valence-corrected chi connectivity index (χ1v) is 15.4. The van der Waals surface area contributed by atoms with Gasteiger partial charge in [0.1, 0.15) is 5.82 Å². The minimum absolute atomic E-state index is 0.00969. The lowest BCUT2D eigenvalue weighted by Crippen LogP contribution is -2.38. The summed E-state index contributed by atoms with van der Waals surface area (Å²) in [5.41, 5.74) is 1.25. The second-order valence-corrected chi connectivity index (χ2v) is 12.5. The van der Waals surface area contributed by atoms with E-state index in [1.165, 1.54) is 23.9 Å². The molecule has 202 valence electrons. The number of anilines is 2. The highest BCUT2D eigenvalue weighted by atomic mass is 32.2. The van der Waals surface area contributed by atoms with E-state index in [2.05, 4.69) is 19.2 Å². The number of amides is 1. The third kappa shape index (κ3) is 6.84. The predicted molar refractivity (Wildman–Crippen MR) is 145 cm³/mol. The van der Waals surface area contributed by atoms with Crippen molar-refractivity contribution < 1.29 is 27.5 Å². The molecule has 0 aliphatic carbocycles. The van der Waals surface area contributed by atoms with E-state index in [0.29, 0.717) is 23.5 Å². The van der Waals surface area contributed by atoms with Crippen LogP contribution in [0.5, 0.6) is 0 Å². The normalized spacial score (nSPS) is 16.1. The molecule has 2 N–H and O–H groups in total. The van der Waals surface area contributed by atoms with Crippen molar-refractivity contribution in [1.82, 2.24) is 5.32 Å². The zero-order valence-electron chi connectivity index (χ0n) is 21.5. The van der Waals surface area contributed by atoms with Crippen molar-refractivity contribution in [3.63, 3.8) is 0 Å². The fraction of sp³-hybridized carbons (Fsp3) is 0.481. The van der Waals surface area contributed by atoms with Crippen LogP contribution in [0.4, 0.5) is 15.8 Å². The van der Waals surface area contributed by atoms with Crippen molar-refractivity contribution >= 4 is 44.9 Å². The standard InChI is InChI=1S/C27H35FN2O5S2/c1-4-6-12-27(13-7-5-2)17-30(21-10-8-20(28)9-11-21)22-15-23(36-3)19(16-29-25(31)26(32)33)14-24(22)37(34,35)18-27/h8-11,14-15H,4-7,12-13,16-18H2,1-3H3,(H,29,31)(H,32,33). The van der Waals surface area contributed by atoms with E-state index in [9.17, 15) is 22.4 Å². The highest BCUT2D eigenvalue weighted by Crippen LogP contribution is 2.46. The Hall–Kier alpha value is -2.59. The number of unbranched alkanes of at least 4 members (excludes halogenated alkanes) is 2. The summed E-state index contributed by atoms with van der Waals surface area (Å²) in [6, 6.07) is 9.44. The zero-order chi connectivity index (χ0) is 27.2. The van der Waals surface area contributed by atoms with Gasteiger partial charge in [-0.1, -0.05) is 39.5 Å². The van der Waals surface area contributed by atoms with Crippen LogP contribution in [0, 0.1) is 11.2 Å². The molecule has 2 aromatic carbocycles. The van der Waals surface area contributed by atoms with E-state index >= 15 is 0 Å². The molecule has 1 aliphatic heterocycles. The third-order valence-electron chi connectivity index (χ3n) is 6.87. The van der Waals surface area contributed by atoms with Crippen LogP contribution in [0.1, 0.15) is 57.9 Å². The molecule has 0 unspecified atom stereocenters. The molecular formula is C27H35FN2O5S2. The second-order valence-electron chi connectivity index (χ2n) is 9.65. The number of hydrogen-bond donors (Lipinski definition) is 2. The molecule has 2 aromatic rings. The molecule has 7 nitrogen and oxygen atoms in total. The van der Waals surface area contributed by atoms with Crippen molar-refractivity contribution in [2.45, 2.75) is 68.7 Å². The maximum absolute atomic E-state index is 14.0. The van der Waals surface area contributed by atoms with Gasteiger partial charge in [-0.25, -0.2) is 17.6 Å². The Labute approximate surface area is 222 Å². The minimum Gasteiger partial charge on any atom is -0.474 e. The SMILES string of the molecule is CCCCC1(CCCC)CN(c2ccc(F)cc2)c2cc(SC)c(CNC(=O)C(=O)O)cc2S(=O)(=O)C1. The molecule has 0 aromatic heterocycles. The van der Waals surface area contributed by atoms with Gasteiger partial charge in [-0.15, -0.1) is 11.8 Å². The average Bonchev–Trinajstić information content (AvgIpc) is 2.96. The number of hydrogen-bond acceptors (Lipinski definition) is 6. The number of carbonyl (C=O) groups is 2. The van der Waals surface area contributed by atoms with E-state index < -0.39 is 27.1 Å².